The van der Waals surface area contributed by atoms with E-state index < -0.39 is 0 Å². The second-order valence-corrected chi connectivity index (χ2v) is 7.19. The molecule has 8 heteroatoms. The number of nitrogens with one attached hydrogen (secondary N) is 2. The molecular formula is C15H20ClN5OS. The average Bonchev–Trinajstić information content (AvgIpc) is 3.22. The number of amides is 1. The van der Waals surface area contributed by atoms with Crippen molar-refractivity contribution in [1.29, 1.82) is 0 Å². The van der Waals surface area contributed by atoms with Crippen LogP contribution in [0, 0.1) is 0 Å². The van der Waals surface area contributed by atoms with Crippen LogP contribution in [0.15, 0.2) is 23.7 Å². The topological polar surface area (TPSA) is 71.8 Å². The van der Waals surface area contributed by atoms with E-state index in [-0.39, 0.29) is 24.4 Å². The van der Waals surface area contributed by atoms with Gasteiger partial charge in [-0.2, -0.15) is 0 Å². The van der Waals surface area contributed by atoms with Gasteiger partial charge in [0.15, 0.2) is 5.69 Å². The molecule has 2 fully saturated rings. The molecule has 4 rings (SSSR count). The molecule has 6 nitrogen and oxygen atoms in total. The largest absolute Gasteiger partial charge is 0.348 e. The van der Waals surface area contributed by atoms with Gasteiger partial charge < -0.3 is 10.6 Å². The lowest BCUT2D eigenvalue weighted by atomic mass is 10.00. The molecule has 2 aliphatic heterocycles. The molecule has 0 radical (unpaired) electrons. The van der Waals surface area contributed by atoms with Crippen molar-refractivity contribution in [3.63, 3.8) is 0 Å². The lowest BCUT2D eigenvalue weighted by molar-refractivity contribution is 0.0919. The van der Waals surface area contributed by atoms with E-state index in [1.54, 1.807) is 22.2 Å². The number of nitrogens with zero attached hydrogens (tertiary/aromatic N) is 3. The molecule has 0 saturated carbocycles. The Hall–Kier alpha value is -1.44. The molecule has 1 amide bonds. The number of piperidine rings is 1. The van der Waals surface area contributed by atoms with Gasteiger partial charge in [-0.05, 0) is 37.1 Å². The minimum atomic E-state index is -0.108. The minimum absolute atomic E-state index is 0. The van der Waals surface area contributed by atoms with Gasteiger partial charge in [-0.1, -0.05) is 11.3 Å². The second-order valence-electron chi connectivity index (χ2n) is 6.16. The van der Waals surface area contributed by atoms with Crippen molar-refractivity contribution in [2.24, 2.45) is 0 Å². The van der Waals surface area contributed by atoms with Crippen molar-refractivity contribution < 1.29 is 4.79 Å². The Morgan fingerprint density at radius 1 is 1.39 bits per heavy atom. The van der Waals surface area contributed by atoms with Gasteiger partial charge in [0.25, 0.3) is 5.91 Å². The van der Waals surface area contributed by atoms with Gasteiger partial charge in [0, 0.05) is 23.0 Å². The normalized spacial score (nSPS) is 25.8. The van der Waals surface area contributed by atoms with Crippen LogP contribution in [0.1, 0.15) is 41.0 Å². The highest BCUT2D eigenvalue weighted by Crippen LogP contribution is 2.26. The van der Waals surface area contributed by atoms with Crippen LogP contribution in [0.2, 0.25) is 0 Å². The summed E-state index contributed by atoms with van der Waals surface area (Å²) in [5.41, 5.74) is 0.405. The van der Waals surface area contributed by atoms with Gasteiger partial charge in [-0.3, -0.25) is 4.79 Å². The van der Waals surface area contributed by atoms with E-state index in [0.717, 1.165) is 12.8 Å². The number of hydrogen-bond acceptors (Lipinski definition) is 5. The number of halogens is 1. The number of carbonyl (C=O) groups is 1. The number of fused-ring (bicyclic) bond motifs is 2. The maximum absolute atomic E-state index is 12.3. The van der Waals surface area contributed by atoms with Crippen LogP contribution in [0.4, 0.5) is 0 Å². The second kappa shape index (κ2) is 6.98. The van der Waals surface area contributed by atoms with E-state index in [1.165, 1.54) is 17.7 Å². The Morgan fingerprint density at radius 3 is 2.87 bits per heavy atom. The van der Waals surface area contributed by atoms with Crippen LogP contribution in [0.25, 0.3) is 0 Å². The van der Waals surface area contributed by atoms with Crippen molar-refractivity contribution in [3.05, 3.63) is 34.3 Å². The fourth-order valence-electron chi connectivity index (χ4n) is 3.48. The quantitative estimate of drug-likeness (QED) is 0.879. The summed E-state index contributed by atoms with van der Waals surface area (Å²) < 4.78 is 1.72. The molecule has 23 heavy (non-hydrogen) atoms. The highest BCUT2D eigenvalue weighted by atomic mass is 35.5. The molecule has 0 aliphatic carbocycles. The number of aromatic nitrogens is 3. The molecule has 2 N–H and O–H groups in total. The maximum atomic E-state index is 12.3. The van der Waals surface area contributed by atoms with E-state index in [2.05, 4.69) is 27.0 Å². The van der Waals surface area contributed by atoms with E-state index in [4.69, 9.17) is 0 Å². The molecule has 2 aromatic heterocycles. The predicted octanol–water partition coefficient (Wildman–Crippen LogP) is 1.82. The molecule has 2 atom stereocenters. The SMILES string of the molecule is Cl.O=C(NC1CC2CCC(C1)N2)c1cn(Cc2cccs2)nn1. The Morgan fingerprint density at radius 2 is 2.17 bits per heavy atom. The van der Waals surface area contributed by atoms with Gasteiger partial charge >= 0.3 is 0 Å². The maximum Gasteiger partial charge on any atom is 0.273 e. The molecule has 4 heterocycles. The fraction of sp³-hybridized carbons (Fsp3) is 0.533. The van der Waals surface area contributed by atoms with Crippen molar-refractivity contribution in [2.75, 3.05) is 0 Å². The van der Waals surface area contributed by atoms with E-state index in [9.17, 15) is 4.79 Å². The molecule has 2 aromatic rings. The first-order valence-electron chi connectivity index (χ1n) is 7.76. The first-order valence-corrected chi connectivity index (χ1v) is 8.63. The molecule has 124 valence electrons. The van der Waals surface area contributed by atoms with Crippen LogP contribution in [0.5, 0.6) is 0 Å². The van der Waals surface area contributed by atoms with Crippen LogP contribution in [-0.2, 0) is 6.54 Å². The zero-order chi connectivity index (χ0) is 14.9. The molecule has 2 bridgehead atoms. The third-order valence-electron chi connectivity index (χ3n) is 4.48. The van der Waals surface area contributed by atoms with Crippen LogP contribution < -0.4 is 10.6 Å². The number of rotatable bonds is 4. The van der Waals surface area contributed by atoms with Gasteiger partial charge in [0.2, 0.25) is 0 Å². The summed E-state index contributed by atoms with van der Waals surface area (Å²) in [6.45, 7) is 0.662. The third-order valence-corrected chi connectivity index (χ3v) is 5.34. The third kappa shape index (κ3) is 3.73. The van der Waals surface area contributed by atoms with E-state index in [0.29, 0.717) is 24.3 Å². The first-order chi connectivity index (χ1) is 10.8. The van der Waals surface area contributed by atoms with Gasteiger partial charge in [0.1, 0.15) is 0 Å². The van der Waals surface area contributed by atoms with Gasteiger partial charge in [0.05, 0.1) is 12.7 Å². The van der Waals surface area contributed by atoms with E-state index in [1.807, 2.05) is 11.4 Å². The Bertz CT molecular complexity index is 647. The molecule has 2 unspecified atom stereocenters. The van der Waals surface area contributed by atoms with Crippen LogP contribution in [-0.4, -0.2) is 39.0 Å². The highest BCUT2D eigenvalue weighted by molar-refractivity contribution is 7.09. The summed E-state index contributed by atoms with van der Waals surface area (Å²) in [6.07, 6.45) is 6.23. The minimum Gasteiger partial charge on any atom is -0.348 e. The zero-order valence-electron chi connectivity index (χ0n) is 12.6. The Kier molecular flexibility index (Phi) is 4.99. The van der Waals surface area contributed by atoms with Gasteiger partial charge in [-0.15, -0.1) is 28.8 Å². The lowest BCUT2D eigenvalue weighted by Gasteiger charge is -2.29. The summed E-state index contributed by atoms with van der Waals surface area (Å²) in [6, 6.07) is 5.46. The smallest absolute Gasteiger partial charge is 0.273 e. The van der Waals surface area contributed by atoms with Crippen LogP contribution in [0.3, 0.4) is 0 Å². The Balaban J connectivity index is 0.00000156. The average molecular weight is 354 g/mol. The monoisotopic (exact) mass is 353 g/mol. The van der Waals surface area contributed by atoms with Crippen molar-refractivity contribution in [3.8, 4) is 0 Å². The van der Waals surface area contributed by atoms with E-state index >= 15 is 0 Å². The molecule has 0 spiro atoms. The van der Waals surface area contributed by atoms with Crippen molar-refractivity contribution >= 4 is 29.7 Å². The highest BCUT2D eigenvalue weighted by Gasteiger charge is 2.34. The molecule has 2 aliphatic rings. The lowest BCUT2D eigenvalue weighted by Crippen LogP contribution is -2.48. The number of hydrogen-bond donors (Lipinski definition) is 2. The number of thiophene rings is 1. The van der Waals surface area contributed by atoms with Crippen LogP contribution >= 0.6 is 23.7 Å². The summed E-state index contributed by atoms with van der Waals surface area (Å²) in [7, 11) is 0. The molecular weight excluding hydrogens is 334 g/mol. The fourth-order valence-corrected chi connectivity index (χ4v) is 4.17. The summed E-state index contributed by atoms with van der Waals surface area (Å²) >= 11 is 1.68. The summed E-state index contributed by atoms with van der Waals surface area (Å²) in [5.74, 6) is -0.108. The van der Waals surface area contributed by atoms with Crippen molar-refractivity contribution in [2.45, 2.75) is 50.4 Å². The first kappa shape index (κ1) is 16.4. The standard InChI is InChI=1S/C15H19N5OS.ClH/c21-15(17-12-6-10-3-4-11(7-12)16-10)14-9-20(19-18-14)8-13-2-1-5-22-13;/h1-2,5,9-12,16H,3-4,6-8H2,(H,17,21);1H. The summed E-state index contributed by atoms with van der Waals surface area (Å²) in [5, 5.41) is 16.8. The van der Waals surface area contributed by atoms with Gasteiger partial charge in [-0.25, -0.2) is 4.68 Å². The molecule has 0 aromatic carbocycles. The number of carbonyl (C=O) groups excluding carboxylic acids is 1. The molecule has 2 saturated heterocycles. The predicted molar refractivity (Wildman–Crippen MR) is 91.1 cm³/mol. The zero-order valence-corrected chi connectivity index (χ0v) is 14.3. The summed E-state index contributed by atoms with van der Waals surface area (Å²) in [4.78, 5) is 13.5. The Labute approximate surface area is 145 Å². The van der Waals surface area contributed by atoms with Crippen molar-refractivity contribution in [1.82, 2.24) is 25.6 Å².